The van der Waals surface area contributed by atoms with Crippen LogP contribution in [0.2, 0.25) is 0 Å². The third-order valence-corrected chi connectivity index (χ3v) is 4.23. The molecule has 3 rings (SSSR count). The van der Waals surface area contributed by atoms with E-state index in [2.05, 4.69) is 0 Å². The number of carboxylic acid groups (broad SMARTS) is 1. The van der Waals surface area contributed by atoms with Crippen LogP contribution in [0.3, 0.4) is 0 Å². The van der Waals surface area contributed by atoms with Crippen LogP contribution < -0.4 is 0 Å². The van der Waals surface area contributed by atoms with E-state index in [1.807, 2.05) is 30.3 Å². The monoisotopic (exact) mass is 286 g/mol. The highest BCUT2D eigenvalue weighted by atomic mass is 32.2. The van der Waals surface area contributed by atoms with Gasteiger partial charge in [-0.2, -0.15) is 0 Å². The molecule has 1 atom stereocenters. The van der Waals surface area contributed by atoms with E-state index in [1.165, 1.54) is 17.8 Å². The van der Waals surface area contributed by atoms with E-state index in [9.17, 15) is 14.7 Å². The fourth-order valence-electron chi connectivity index (χ4n) is 2.03. The van der Waals surface area contributed by atoms with Crippen LogP contribution >= 0.6 is 11.8 Å². The number of carbonyl (C=O) groups is 2. The summed E-state index contributed by atoms with van der Waals surface area (Å²) in [5, 5.41) is 9.22. The number of hydrogen-bond acceptors (Lipinski definition) is 4. The first-order chi connectivity index (χ1) is 9.66. The van der Waals surface area contributed by atoms with Crippen molar-refractivity contribution in [2.24, 2.45) is 0 Å². The van der Waals surface area contributed by atoms with Gasteiger partial charge in [0.1, 0.15) is 0 Å². The van der Waals surface area contributed by atoms with E-state index in [1.54, 1.807) is 12.1 Å². The second kappa shape index (κ2) is 5.02. The van der Waals surface area contributed by atoms with Crippen molar-refractivity contribution in [3.63, 3.8) is 0 Å². The quantitative estimate of drug-likeness (QED) is 0.858. The minimum atomic E-state index is -1.05. The first-order valence-electron chi connectivity index (χ1n) is 5.95. The second-order valence-corrected chi connectivity index (χ2v) is 5.33. The molecule has 4 nitrogen and oxygen atoms in total. The van der Waals surface area contributed by atoms with Crippen molar-refractivity contribution >= 4 is 23.7 Å². The van der Waals surface area contributed by atoms with Gasteiger partial charge in [0, 0.05) is 10.5 Å². The van der Waals surface area contributed by atoms with Crippen molar-refractivity contribution in [2.75, 3.05) is 0 Å². The van der Waals surface area contributed by atoms with Gasteiger partial charge in [0.15, 0.2) is 5.44 Å². The molecule has 0 unspecified atom stereocenters. The average molecular weight is 286 g/mol. The lowest BCUT2D eigenvalue weighted by Gasteiger charge is -2.25. The Labute approximate surface area is 119 Å². The third kappa shape index (κ3) is 2.16. The van der Waals surface area contributed by atoms with Crippen LogP contribution in [0, 0.1) is 0 Å². The van der Waals surface area contributed by atoms with Crippen LogP contribution in [0.15, 0.2) is 53.4 Å². The van der Waals surface area contributed by atoms with Gasteiger partial charge in [0.25, 0.3) is 0 Å². The van der Waals surface area contributed by atoms with E-state index >= 15 is 0 Å². The van der Waals surface area contributed by atoms with Crippen LogP contribution in [-0.4, -0.2) is 17.0 Å². The molecule has 0 saturated carbocycles. The smallest absolute Gasteiger partial charge is 0.340 e. The van der Waals surface area contributed by atoms with Crippen molar-refractivity contribution in [3.8, 4) is 0 Å². The predicted molar refractivity (Wildman–Crippen MR) is 73.9 cm³/mol. The number of rotatable bonds is 2. The molecule has 0 fully saturated rings. The van der Waals surface area contributed by atoms with Gasteiger partial charge < -0.3 is 9.84 Å². The van der Waals surface area contributed by atoms with Crippen molar-refractivity contribution < 1.29 is 19.4 Å². The molecule has 0 aromatic heterocycles. The molecular weight excluding hydrogens is 276 g/mol. The first kappa shape index (κ1) is 12.7. The summed E-state index contributed by atoms with van der Waals surface area (Å²) in [7, 11) is 0. The standard InChI is InChI=1S/C15H10O4S/c16-13(17)10-7-4-8-11-12(10)20-15(19-14(11)18)9-5-2-1-3-6-9/h1-8,15H,(H,16,17)/t15-/m0/s1. The molecule has 0 radical (unpaired) electrons. The Morgan fingerprint density at radius 1 is 1.10 bits per heavy atom. The molecule has 2 aromatic rings. The molecule has 1 aliphatic heterocycles. The molecule has 20 heavy (non-hydrogen) atoms. The lowest BCUT2D eigenvalue weighted by Crippen LogP contribution is -2.18. The highest BCUT2D eigenvalue weighted by Crippen LogP contribution is 2.44. The molecule has 1 heterocycles. The average Bonchev–Trinajstić information content (AvgIpc) is 2.47. The van der Waals surface area contributed by atoms with Crippen molar-refractivity contribution in [2.45, 2.75) is 10.3 Å². The number of cyclic esters (lactones) is 1. The summed E-state index contributed by atoms with van der Waals surface area (Å²) in [6.07, 6.45) is 0. The maximum absolute atomic E-state index is 12.0. The summed E-state index contributed by atoms with van der Waals surface area (Å²) >= 11 is 1.24. The number of benzene rings is 2. The van der Waals surface area contributed by atoms with E-state index < -0.39 is 17.4 Å². The fraction of sp³-hybridized carbons (Fsp3) is 0.0667. The normalized spacial score (nSPS) is 17.2. The van der Waals surface area contributed by atoms with Crippen LogP contribution in [0.1, 0.15) is 31.7 Å². The highest BCUT2D eigenvalue weighted by molar-refractivity contribution is 7.99. The van der Waals surface area contributed by atoms with E-state index in [0.717, 1.165) is 5.56 Å². The predicted octanol–water partition coefficient (Wildman–Crippen LogP) is 3.35. The van der Waals surface area contributed by atoms with E-state index in [0.29, 0.717) is 10.5 Å². The summed E-state index contributed by atoms with van der Waals surface area (Å²) in [5.74, 6) is -1.54. The number of ether oxygens (including phenoxy) is 1. The second-order valence-electron chi connectivity index (χ2n) is 4.25. The van der Waals surface area contributed by atoms with Gasteiger partial charge in [-0.15, -0.1) is 0 Å². The fourth-order valence-corrected chi connectivity index (χ4v) is 3.23. The molecule has 100 valence electrons. The van der Waals surface area contributed by atoms with Gasteiger partial charge in [-0.05, 0) is 12.1 Å². The lowest BCUT2D eigenvalue weighted by atomic mass is 10.1. The summed E-state index contributed by atoms with van der Waals surface area (Å²) in [4.78, 5) is 23.7. The summed E-state index contributed by atoms with van der Waals surface area (Å²) in [5.41, 5.74) is 0.751. The molecule has 1 N–H and O–H groups in total. The largest absolute Gasteiger partial charge is 0.478 e. The van der Waals surface area contributed by atoms with Gasteiger partial charge in [-0.25, -0.2) is 9.59 Å². The number of carbonyl (C=O) groups excluding carboxylic acids is 1. The van der Waals surface area contributed by atoms with Crippen LogP contribution in [0.4, 0.5) is 0 Å². The molecule has 2 aromatic carbocycles. The van der Waals surface area contributed by atoms with Gasteiger partial charge in [-0.1, -0.05) is 48.2 Å². The highest BCUT2D eigenvalue weighted by Gasteiger charge is 2.31. The maximum Gasteiger partial charge on any atom is 0.340 e. The van der Waals surface area contributed by atoms with Gasteiger partial charge in [0.05, 0.1) is 11.1 Å². The Balaban J connectivity index is 2.06. The maximum atomic E-state index is 12.0. The molecule has 0 spiro atoms. The zero-order valence-electron chi connectivity index (χ0n) is 10.3. The van der Waals surface area contributed by atoms with Crippen molar-refractivity contribution in [1.82, 2.24) is 0 Å². The Bertz CT molecular complexity index is 667. The van der Waals surface area contributed by atoms with Crippen LogP contribution in [-0.2, 0) is 4.74 Å². The summed E-state index contributed by atoms with van der Waals surface area (Å²) < 4.78 is 5.36. The Kier molecular flexibility index (Phi) is 3.20. The molecule has 0 saturated heterocycles. The third-order valence-electron chi connectivity index (χ3n) is 2.98. The molecule has 0 amide bonds. The van der Waals surface area contributed by atoms with Gasteiger partial charge >= 0.3 is 11.9 Å². The van der Waals surface area contributed by atoms with E-state index in [4.69, 9.17) is 4.74 Å². The SMILES string of the molecule is O=C(O)c1cccc2c1S[C@@H](c1ccccc1)OC2=O. The van der Waals surface area contributed by atoms with Gasteiger partial charge in [0.2, 0.25) is 0 Å². The number of thioether (sulfide) groups is 1. The number of carboxylic acids is 1. The summed E-state index contributed by atoms with van der Waals surface area (Å²) in [6, 6.07) is 13.9. The minimum absolute atomic E-state index is 0.130. The lowest BCUT2D eigenvalue weighted by molar-refractivity contribution is 0.0439. The van der Waals surface area contributed by atoms with Crippen molar-refractivity contribution in [3.05, 3.63) is 65.2 Å². The molecule has 5 heteroatoms. The Morgan fingerprint density at radius 3 is 2.55 bits per heavy atom. The molecule has 0 bridgehead atoms. The Hall–Kier alpha value is -2.27. The van der Waals surface area contributed by atoms with Gasteiger partial charge in [-0.3, -0.25) is 0 Å². The molecule has 0 aliphatic carbocycles. The zero-order chi connectivity index (χ0) is 14.1. The van der Waals surface area contributed by atoms with Crippen molar-refractivity contribution in [1.29, 1.82) is 0 Å². The Morgan fingerprint density at radius 2 is 1.85 bits per heavy atom. The summed E-state index contributed by atoms with van der Waals surface area (Å²) in [6.45, 7) is 0. The minimum Gasteiger partial charge on any atom is -0.478 e. The number of aromatic carboxylic acids is 1. The first-order valence-corrected chi connectivity index (χ1v) is 6.83. The zero-order valence-corrected chi connectivity index (χ0v) is 11.1. The van der Waals surface area contributed by atoms with Crippen LogP contribution in [0.5, 0.6) is 0 Å². The van der Waals surface area contributed by atoms with E-state index in [-0.39, 0.29) is 5.56 Å². The topological polar surface area (TPSA) is 63.6 Å². The molecular formula is C15H10O4S. The van der Waals surface area contributed by atoms with Crippen LogP contribution in [0.25, 0.3) is 0 Å². The molecule has 1 aliphatic rings. The number of esters is 1. The number of hydrogen-bond donors (Lipinski definition) is 1. The number of fused-ring (bicyclic) bond motifs is 1.